The standard InChI is InChI=1S/C19H40N2O/c1-4-7-8-9-10-11-12-13-14-15-16-19(22)20-17-18-21(5-2)6-3/h4-18H2,1-3H3,(H,20,22). The fourth-order valence-corrected chi connectivity index (χ4v) is 2.75. The van der Waals surface area contributed by atoms with Crippen LogP contribution < -0.4 is 5.32 Å². The van der Waals surface area contributed by atoms with Gasteiger partial charge in [-0.3, -0.25) is 4.79 Å². The zero-order valence-corrected chi connectivity index (χ0v) is 15.5. The highest BCUT2D eigenvalue weighted by molar-refractivity contribution is 5.75. The lowest BCUT2D eigenvalue weighted by Gasteiger charge is -2.17. The Balaban J connectivity index is 3.25. The van der Waals surface area contributed by atoms with E-state index in [1.54, 1.807) is 0 Å². The fraction of sp³-hybridized carbons (Fsp3) is 0.947. The summed E-state index contributed by atoms with van der Waals surface area (Å²) in [5.41, 5.74) is 0. The number of rotatable bonds is 16. The monoisotopic (exact) mass is 312 g/mol. The quantitative estimate of drug-likeness (QED) is 0.417. The second-order valence-corrected chi connectivity index (χ2v) is 6.31. The van der Waals surface area contributed by atoms with Crippen LogP contribution in [0.25, 0.3) is 0 Å². The van der Waals surface area contributed by atoms with Crippen molar-refractivity contribution in [3.63, 3.8) is 0 Å². The highest BCUT2D eigenvalue weighted by atomic mass is 16.1. The molecule has 132 valence electrons. The Morgan fingerprint density at radius 2 is 1.27 bits per heavy atom. The van der Waals surface area contributed by atoms with Crippen molar-refractivity contribution in [2.45, 2.75) is 91.4 Å². The van der Waals surface area contributed by atoms with Crippen molar-refractivity contribution >= 4 is 5.91 Å². The maximum atomic E-state index is 11.7. The van der Waals surface area contributed by atoms with Gasteiger partial charge >= 0.3 is 0 Å². The molecule has 0 unspecified atom stereocenters. The van der Waals surface area contributed by atoms with Crippen molar-refractivity contribution in [3.05, 3.63) is 0 Å². The van der Waals surface area contributed by atoms with Gasteiger partial charge in [0.1, 0.15) is 0 Å². The van der Waals surface area contributed by atoms with E-state index in [-0.39, 0.29) is 5.91 Å². The van der Waals surface area contributed by atoms with Crippen molar-refractivity contribution in [2.75, 3.05) is 26.2 Å². The number of nitrogens with zero attached hydrogens (tertiary/aromatic N) is 1. The second kappa shape index (κ2) is 16.8. The molecule has 0 bridgehead atoms. The van der Waals surface area contributed by atoms with Crippen molar-refractivity contribution in [1.82, 2.24) is 10.2 Å². The summed E-state index contributed by atoms with van der Waals surface area (Å²) in [6.45, 7) is 10.5. The highest BCUT2D eigenvalue weighted by Gasteiger charge is 2.02. The summed E-state index contributed by atoms with van der Waals surface area (Å²) in [6, 6.07) is 0. The van der Waals surface area contributed by atoms with E-state index in [1.165, 1.54) is 57.8 Å². The first-order chi connectivity index (χ1) is 10.7. The average Bonchev–Trinajstić information content (AvgIpc) is 2.53. The summed E-state index contributed by atoms with van der Waals surface area (Å²) in [7, 11) is 0. The molecule has 0 aromatic rings. The Kier molecular flexibility index (Phi) is 16.4. The summed E-state index contributed by atoms with van der Waals surface area (Å²) >= 11 is 0. The maximum absolute atomic E-state index is 11.7. The van der Waals surface area contributed by atoms with E-state index in [0.29, 0.717) is 6.42 Å². The van der Waals surface area contributed by atoms with E-state index >= 15 is 0 Å². The molecule has 3 nitrogen and oxygen atoms in total. The van der Waals surface area contributed by atoms with E-state index in [4.69, 9.17) is 0 Å². The summed E-state index contributed by atoms with van der Waals surface area (Å²) in [5, 5.41) is 3.03. The van der Waals surface area contributed by atoms with E-state index in [9.17, 15) is 4.79 Å². The second-order valence-electron chi connectivity index (χ2n) is 6.31. The summed E-state index contributed by atoms with van der Waals surface area (Å²) in [4.78, 5) is 14.0. The Morgan fingerprint density at radius 3 is 1.77 bits per heavy atom. The van der Waals surface area contributed by atoms with Crippen molar-refractivity contribution in [3.8, 4) is 0 Å². The molecule has 0 rings (SSSR count). The van der Waals surface area contributed by atoms with Crippen LogP contribution in [0.5, 0.6) is 0 Å². The maximum Gasteiger partial charge on any atom is 0.220 e. The molecule has 0 aromatic carbocycles. The average molecular weight is 313 g/mol. The topological polar surface area (TPSA) is 32.3 Å². The molecule has 0 aromatic heterocycles. The lowest BCUT2D eigenvalue weighted by Crippen LogP contribution is -2.34. The van der Waals surface area contributed by atoms with Gasteiger partial charge in [0.2, 0.25) is 5.91 Å². The predicted octanol–water partition coefficient (Wildman–Crippen LogP) is 4.76. The zero-order valence-electron chi connectivity index (χ0n) is 15.5. The van der Waals surface area contributed by atoms with E-state index in [2.05, 4.69) is 31.0 Å². The molecular formula is C19H40N2O. The third-order valence-corrected chi connectivity index (χ3v) is 4.40. The van der Waals surface area contributed by atoms with Gasteiger partial charge in [-0.05, 0) is 19.5 Å². The van der Waals surface area contributed by atoms with Gasteiger partial charge < -0.3 is 10.2 Å². The molecule has 0 aliphatic heterocycles. The van der Waals surface area contributed by atoms with Crippen molar-refractivity contribution in [2.24, 2.45) is 0 Å². The zero-order chi connectivity index (χ0) is 16.5. The first-order valence-corrected chi connectivity index (χ1v) is 9.73. The van der Waals surface area contributed by atoms with Gasteiger partial charge in [-0.2, -0.15) is 0 Å². The third kappa shape index (κ3) is 14.4. The normalized spacial score (nSPS) is 11.1. The largest absolute Gasteiger partial charge is 0.355 e. The van der Waals surface area contributed by atoms with Gasteiger partial charge in [-0.25, -0.2) is 0 Å². The van der Waals surface area contributed by atoms with Crippen molar-refractivity contribution in [1.29, 1.82) is 0 Å². The molecule has 0 aliphatic rings. The van der Waals surface area contributed by atoms with Crippen LogP contribution in [0.2, 0.25) is 0 Å². The number of likely N-dealkylation sites (N-methyl/N-ethyl adjacent to an activating group) is 1. The van der Waals surface area contributed by atoms with Crippen LogP contribution in [0.15, 0.2) is 0 Å². The molecule has 0 saturated carbocycles. The number of amides is 1. The minimum Gasteiger partial charge on any atom is -0.355 e. The molecule has 0 heterocycles. The Morgan fingerprint density at radius 1 is 0.773 bits per heavy atom. The molecule has 1 N–H and O–H groups in total. The molecule has 3 heteroatoms. The SMILES string of the molecule is CCCCCCCCCCCCC(=O)NCCN(CC)CC. The van der Waals surface area contributed by atoms with Gasteiger partial charge in [0, 0.05) is 19.5 Å². The van der Waals surface area contributed by atoms with Crippen LogP contribution in [0, 0.1) is 0 Å². The molecule has 0 spiro atoms. The first kappa shape index (κ1) is 21.4. The van der Waals surface area contributed by atoms with Crippen LogP contribution >= 0.6 is 0 Å². The molecule has 0 atom stereocenters. The number of hydrogen-bond donors (Lipinski definition) is 1. The molecule has 0 radical (unpaired) electrons. The number of carbonyl (C=O) groups excluding carboxylic acids is 1. The van der Waals surface area contributed by atoms with Crippen LogP contribution in [-0.2, 0) is 4.79 Å². The van der Waals surface area contributed by atoms with Gasteiger partial charge in [0.15, 0.2) is 0 Å². The highest BCUT2D eigenvalue weighted by Crippen LogP contribution is 2.11. The first-order valence-electron chi connectivity index (χ1n) is 9.73. The fourth-order valence-electron chi connectivity index (χ4n) is 2.75. The van der Waals surface area contributed by atoms with Gasteiger partial charge in [-0.1, -0.05) is 78.6 Å². The molecular weight excluding hydrogens is 272 g/mol. The summed E-state index contributed by atoms with van der Waals surface area (Å²) in [5.74, 6) is 0.228. The van der Waals surface area contributed by atoms with Gasteiger partial charge in [-0.15, -0.1) is 0 Å². The molecule has 1 amide bonds. The van der Waals surface area contributed by atoms with E-state index < -0.39 is 0 Å². The Hall–Kier alpha value is -0.570. The molecule has 0 saturated heterocycles. The Labute approximate surface area is 139 Å². The molecule has 0 fully saturated rings. The number of carbonyl (C=O) groups is 1. The predicted molar refractivity (Wildman–Crippen MR) is 97.3 cm³/mol. The van der Waals surface area contributed by atoms with Gasteiger partial charge in [0.05, 0.1) is 0 Å². The number of unbranched alkanes of at least 4 members (excludes halogenated alkanes) is 9. The number of nitrogens with one attached hydrogen (secondary N) is 1. The van der Waals surface area contributed by atoms with Gasteiger partial charge in [0.25, 0.3) is 0 Å². The minimum absolute atomic E-state index is 0.228. The Bertz CT molecular complexity index is 240. The smallest absolute Gasteiger partial charge is 0.220 e. The van der Waals surface area contributed by atoms with Crippen LogP contribution in [-0.4, -0.2) is 37.0 Å². The van der Waals surface area contributed by atoms with Crippen molar-refractivity contribution < 1.29 is 4.79 Å². The number of hydrogen-bond acceptors (Lipinski definition) is 2. The lowest BCUT2D eigenvalue weighted by molar-refractivity contribution is -0.121. The van der Waals surface area contributed by atoms with Crippen LogP contribution in [0.1, 0.15) is 91.4 Å². The summed E-state index contributed by atoms with van der Waals surface area (Å²) in [6.07, 6.45) is 13.9. The van der Waals surface area contributed by atoms with E-state index in [1.807, 2.05) is 0 Å². The molecule has 0 aliphatic carbocycles. The van der Waals surface area contributed by atoms with Crippen LogP contribution in [0.3, 0.4) is 0 Å². The van der Waals surface area contributed by atoms with Crippen LogP contribution in [0.4, 0.5) is 0 Å². The molecule has 22 heavy (non-hydrogen) atoms. The summed E-state index contributed by atoms with van der Waals surface area (Å²) < 4.78 is 0. The third-order valence-electron chi connectivity index (χ3n) is 4.40. The minimum atomic E-state index is 0.228. The lowest BCUT2D eigenvalue weighted by atomic mass is 10.1. The van der Waals surface area contributed by atoms with E-state index in [0.717, 1.165) is 32.6 Å².